The molecule has 0 radical (unpaired) electrons. The van der Waals surface area contributed by atoms with Gasteiger partial charge < -0.3 is 9.64 Å². The Kier molecular flexibility index (Phi) is 6.01. The number of fused-ring (bicyclic) bond motifs is 1. The number of sulfonamides is 1. The summed E-state index contributed by atoms with van der Waals surface area (Å²) in [5, 5.41) is 0. The molecule has 4 aromatic rings. The highest BCUT2D eigenvalue weighted by Gasteiger charge is 2.32. The predicted molar refractivity (Wildman–Crippen MR) is 137 cm³/mol. The molecule has 1 heterocycles. The number of carbonyl (C=O) groups excluding carboxylic acids is 1. The van der Waals surface area contributed by atoms with Crippen LogP contribution >= 0.6 is 0 Å². The van der Waals surface area contributed by atoms with E-state index in [0.29, 0.717) is 29.2 Å². The van der Waals surface area contributed by atoms with Gasteiger partial charge in [-0.3, -0.25) is 9.52 Å². The van der Waals surface area contributed by atoms with Crippen LogP contribution in [-0.4, -0.2) is 20.4 Å². The fraction of sp³-hybridized carbons (Fsp3) is 0.107. The molecule has 0 aromatic heterocycles. The first-order valence-electron chi connectivity index (χ1n) is 11.3. The minimum atomic E-state index is -3.81. The maximum atomic E-state index is 13.1. The van der Waals surface area contributed by atoms with Crippen LogP contribution in [0.15, 0.2) is 108 Å². The summed E-state index contributed by atoms with van der Waals surface area (Å²) in [7, 11) is -3.81. The summed E-state index contributed by atoms with van der Waals surface area (Å²) < 4.78 is 34.5. The number of carbonyl (C=O) groups is 1. The summed E-state index contributed by atoms with van der Waals surface area (Å²) >= 11 is 0. The van der Waals surface area contributed by atoms with Crippen molar-refractivity contribution < 1.29 is 17.9 Å². The highest BCUT2D eigenvalue weighted by atomic mass is 32.2. The second-order valence-corrected chi connectivity index (χ2v) is 10.1. The van der Waals surface area contributed by atoms with E-state index in [1.54, 1.807) is 53.4 Å². The zero-order chi connectivity index (χ0) is 24.4. The molecule has 0 bridgehead atoms. The molecule has 6 nitrogen and oxygen atoms in total. The Hall–Kier alpha value is -4.10. The second-order valence-electron chi connectivity index (χ2n) is 8.43. The van der Waals surface area contributed by atoms with Crippen molar-refractivity contribution in [1.82, 2.24) is 0 Å². The largest absolute Gasteiger partial charge is 0.457 e. The summed E-state index contributed by atoms with van der Waals surface area (Å²) in [6.45, 7) is 1.96. The summed E-state index contributed by atoms with van der Waals surface area (Å²) in [5.74, 6) is 1.21. The zero-order valence-electron chi connectivity index (χ0n) is 19.1. The fourth-order valence-corrected chi connectivity index (χ4v) is 5.34. The topological polar surface area (TPSA) is 75.7 Å². The number of benzene rings is 4. The van der Waals surface area contributed by atoms with Crippen LogP contribution in [0.25, 0.3) is 0 Å². The average molecular weight is 485 g/mol. The summed E-state index contributed by atoms with van der Waals surface area (Å²) in [6.07, 6.45) is 0.586. The Bertz CT molecular complexity index is 1450. The number of hydrogen-bond donors (Lipinski definition) is 1. The number of rotatable bonds is 6. The molecule has 0 saturated heterocycles. The lowest BCUT2D eigenvalue weighted by Gasteiger charge is -2.23. The van der Waals surface area contributed by atoms with E-state index in [9.17, 15) is 13.2 Å². The second kappa shape index (κ2) is 9.27. The maximum Gasteiger partial charge on any atom is 0.261 e. The molecule has 0 saturated carbocycles. The normalized spacial score (nSPS) is 14.9. The van der Waals surface area contributed by atoms with Crippen LogP contribution in [0, 0.1) is 0 Å². The minimum absolute atomic E-state index is 0.0687. The molecule has 1 atom stereocenters. The number of ether oxygens (including phenoxy) is 1. The number of nitrogens with zero attached hydrogens (tertiary/aromatic N) is 1. The third kappa shape index (κ3) is 4.76. The molecular formula is C28H24N2O4S. The van der Waals surface area contributed by atoms with E-state index in [4.69, 9.17) is 4.74 Å². The summed E-state index contributed by atoms with van der Waals surface area (Å²) in [5.41, 5.74) is 2.61. The van der Waals surface area contributed by atoms with Crippen LogP contribution in [0.4, 0.5) is 11.4 Å². The molecule has 5 rings (SSSR count). The predicted octanol–water partition coefficient (Wildman–Crippen LogP) is 5.87. The average Bonchev–Trinajstić information content (AvgIpc) is 3.20. The van der Waals surface area contributed by atoms with Crippen molar-refractivity contribution in [2.45, 2.75) is 24.3 Å². The molecule has 1 aliphatic rings. The van der Waals surface area contributed by atoms with Crippen molar-refractivity contribution in [3.63, 3.8) is 0 Å². The third-order valence-corrected chi connectivity index (χ3v) is 7.28. The van der Waals surface area contributed by atoms with Crippen molar-refractivity contribution in [3.05, 3.63) is 114 Å². The molecule has 7 heteroatoms. The molecule has 0 spiro atoms. The van der Waals surface area contributed by atoms with E-state index in [1.165, 1.54) is 6.07 Å². The Morgan fingerprint density at radius 2 is 1.49 bits per heavy atom. The first kappa shape index (κ1) is 22.7. The third-order valence-electron chi connectivity index (χ3n) is 5.90. The first-order chi connectivity index (χ1) is 16.9. The lowest BCUT2D eigenvalue weighted by Crippen LogP contribution is -2.35. The Labute approximate surface area is 204 Å². The van der Waals surface area contributed by atoms with Crippen molar-refractivity contribution >= 4 is 27.3 Å². The molecule has 0 fully saturated rings. The standard InChI is InChI=1S/C28H24N2O4S/c1-20-18-22-19-26(16-17-27(22)30(20)28(31)21-8-4-2-5-9-21)35(32,33)29-23-12-14-25(15-13-23)34-24-10-6-3-7-11-24/h2-17,19-20,29H,18H2,1H3/t20-/m1/s1. The van der Waals surface area contributed by atoms with Gasteiger partial charge in [0.25, 0.3) is 15.9 Å². The zero-order valence-corrected chi connectivity index (χ0v) is 19.9. The minimum Gasteiger partial charge on any atom is -0.457 e. The van der Waals surface area contributed by atoms with Gasteiger partial charge in [0.2, 0.25) is 0 Å². The van der Waals surface area contributed by atoms with Crippen LogP contribution in [0.3, 0.4) is 0 Å². The quantitative estimate of drug-likeness (QED) is 0.371. The molecule has 0 unspecified atom stereocenters. The number of para-hydroxylation sites is 1. The van der Waals surface area contributed by atoms with Gasteiger partial charge in [-0.2, -0.15) is 0 Å². The summed E-state index contributed by atoms with van der Waals surface area (Å²) in [6, 6.07) is 30.0. The van der Waals surface area contributed by atoms with E-state index in [1.807, 2.05) is 55.5 Å². The van der Waals surface area contributed by atoms with Crippen LogP contribution in [0.5, 0.6) is 11.5 Å². The van der Waals surface area contributed by atoms with E-state index in [2.05, 4.69) is 4.72 Å². The van der Waals surface area contributed by atoms with Gasteiger partial charge in [-0.15, -0.1) is 0 Å². The summed E-state index contributed by atoms with van der Waals surface area (Å²) in [4.78, 5) is 15.0. The first-order valence-corrected chi connectivity index (χ1v) is 12.8. The van der Waals surface area contributed by atoms with Crippen LogP contribution in [0.2, 0.25) is 0 Å². The Morgan fingerprint density at radius 1 is 0.857 bits per heavy atom. The van der Waals surface area contributed by atoms with E-state index >= 15 is 0 Å². The molecular weight excluding hydrogens is 460 g/mol. The molecule has 1 aliphatic heterocycles. The fourth-order valence-electron chi connectivity index (χ4n) is 4.23. The number of anilines is 2. The SMILES string of the molecule is C[C@@H]1Cc2cc(S(=O)(=O)Nc3ccc(Oc4ccccc4)cc3)ccc2N1C(=O)c1ccccc1. The van der Waals surface area contributed by atoms with E-state index in [0.717, 1.165) is 11.3 Å². The van der Waals surface area contributed by atoms with Crippen LogP contribution in [0.1, 0.15) is 22.8 Å². The molecule has 0 aliphatic carbocycles. The van der Waals surface area contributed by atoms with E-state index in [-0.39, 0.29) is 16.8 Å². The molecule has 35 heavy (non-hydrogen) atoms. The van der Waals surface area contributed by atoms with Gasteiger partial charge in [-0.25, -0.2) is 8.42 Å². The monoisotopic (exact) mass is 484 g/mol. The van der Waals surface area contributed by atoms with Crippen molar-refractivity contribution in [2.24, 2.45) is 0 Å². The Balaban J connectivity index is 1.33. The smallest absolute Gasteiger partial charge is 0.261 e. The highest BCUT2D eigenvalue weighted by Crippen LogP contribution is 2.35. The van der Waals surface area contributed by atoms with Crippen molar-refractivity contribution in [2.75, 3.05) is 9.62 Å². The molecule has 1 amide bonds. The number of amides is 1. The molecule has 4 aromatic carbocycles. The number of hydrogen-bond acceptors (Lipinski definition) is 4. The number of nitrogens with one attached hydrogen (secondary N) is 1. The van der Waals surface area contributed by atoms with Gasteiger partial charge in [0, 0.05) is 23.0 Å². The van der Waals surface area contributed by atoms with Gasteiger partial charge in [-0.1, -0.05) is 36.4 Å². The molecule has 176 valence electrons. The lowest BCUT2D eigenvalue weighted by atomic mass is 10.1. The van der Waals surface area contributed by atoms with E-state index < -0.39 is 10.0 Å². The van der Waals surface area contributed by atoms with Crippen LogP contribution < -0.4 is 14.4 Å². The van der Waals surface area contributed by atoms with Gasteiger partial charge in [0.05, 0.1) is 4.90 Å². The van der Waals surface area contributed by atoms with Crippen molar-refractivity contribution in [1.29, 1.82) is 0 Å². The van der Waals surface area contributed by atoms with Gasteiger partial charge in [-0.05, 0) is 85.6 Å². The maximum absolute atomic E-state index is 13.1. The Morgan fingerprint density at radius 3 is 2.17 bits per heavy atom. The van der Waals surface area contributed by atoms with Crippen LogP contribution in [-0.2, 0) is 16.4 Å². The highest BCUT2D eigenvalue weighted by molar-refractivity contribution is 7.92. The van der Waals surface area contributed by atoms with Crippen molar-refractivity contribution in [3.8, 4) is 11.5 Å². The molecule has 1 N–H and O–H groups in total. The lowest BCUT2D eigenvalue weighted by molar-refractivity contribution is 0.0981. The van der Waals surface area contributed by atoms with Gasteiger partial charge in [0.1, 0.15) is 11.5 Å². The van der Waals surface area contributed by atoms with Gasteiger partial charge >= 0.3 is 0 Å². The van der Waals surface area contributed by atoms with Gasteiger partial charge in [0.15, 0.2) is 0 Å².